The summed E-state index contributed by atoms with van der Waals surface area (Å²) in [7, 11) is 1.98. The molecule has 1 aliphatic rings. The smallest absolute Gasteiger partial charge is 0.326 e. The Labute approximate surface area is 154 Å². The van der Waals surface area contributed by atoms with Crippen molar-refractivity contribution in [1.29, 1.82) is 0 Å². The van der Waals surface area contributed by atoms with E-state index in [4.69, 9.17) is 25.2 Å². The van der Waals surface area contributed by atoms with Gasteiger partial charge in [-0.15, -0.1) is 0 Å². The Morgan fingerprint density at radius 2 is 2.04 bits per heavy atom. The number of nitrogens with two attached hydrogens (primary N) is 1. The Balaban J connectivity index is 2.18. The Hall–Kier alpha value is -2.31. The number of hydrogen-bond acceptors (Lipinski definition) is 9. The number of carbonyl (C=O) groups excluding carboxylic acids is 1. The van der Waals surface area contributed by atoms with Crippen molar-refractivity contribution in [2.45, 2.75) is 37.0 Å². The van der Waals surface area contributed by atoms with Crippen molar-refractivity contribution in [2.24, 2.45) is 0 Å². The van der Waals surface area contributed by atoms with Gasteiger partial charge in [0, 0.05) is 9.47 Å². The van der Waals surface area contributed by atoms with E-state index in [9.17, 15) is 24.6 Å². The van der Waals surface area contributed by atoms with Gasteiger partial charge in [0.2, 0.25) is 0 Å². The first-order valence-electron chi connectivity index (χ1n) is 7.58. The van der Waals surface area contributed by atoms with Crippen LogP contribution >= 0.6 is 9.47 Å². The maximum atomic E-state index is 12.2. The number of ether oxygens (including phenoxy) is 1. The fourth-order valence-electron chi connectivity index (χ4n) is 2.54. The highest BCUT2D eigenvalue weighted by Crippen LogP contribution is 2.32. The highest BCUT2D eigenvalue weighted by atomic mass is 31.0. The summed E-state index contributed by atoms with van der Waals surface area (Å²) in [4.78, 5) is 37.7. The van der Waals surface area contributed by atoms with E-state index < -0.39 is 54.8 Å². The Bertz CT molecular complexity index is 727. The molecular formula is C13H19N4O9P. The van der Waals surface area contributed by atoms with Gasteiger partial charge in [-0.1, -0.05) is 0 Å². The summed E-state index contributed by atoms with van der Waals surface area (Å²) in [6.07, 6.45) is -4.44. The van der Waals surface area contributed by atoms with E-state index in [1.807, 2.05) is 14.8 Å². The molecule has 1 aliphatic heterocycles. The minimum atomic E-state index is -1.68. The van der Waals surface area contributed by atoms with Crippen LogP contribution in [0.2, 0.25) is 0 Å². The average molecular weight is 406 g/mol. The monoisotopic (exact) mass is 406 g/mol. The number of carboxylic acids is 2. The SMILES string of the molecule is Nc1c(C(=O)N[C@@H](CC(=O)O)C(=O)O)ncn1[C@@H]1O[C@H](COP)[C@H](O)[C@H]1O. The lowest BCUT2D eigenvalue weighted by Crippen LogP contribution is -2.42. The third kappa shape index (κ3) is 4.51. The predicted molar refractivity (Wildman–Crippen MR) is 89.4 cm³/mol. The molecule has 1 aromatic heterocycles. The van der Waals surface area contributed by atoms with Crippen LogP contribution in [-0.2, 0) is 18.8 Å². The molecule has 13 nitrogen and oxygen atoms in total. The van der Waals surface area contributed by atoms with Crippen LogP contribution in [0.25, 0.3) is 0 Å². The van der Waals surface area contributed by atoms with Crippen molar-refractivity contribution in [3.63, 3.8) is 0 Å². The molecule has 0 spiro atoms. The number of aliphatic hydroxyl groups is 2. The van der Waals surface area contributed by atoms with E-state index in [0.29, 0.717) is 0 Å². The molecule has 0 bridgehead atoms. The number of nitrogen functional groups attached to an aromatic ring is 1. The number of aliphatic hydroxyl groups excluding tert-OH is 2. The molecule has 1 fully saturated rings. The normalized spacial score (nSPS) is 25.9. The summed E-state index contributed by atoms with van der Waals surface area (Å²) in [6.45, 7) is -0.0309. The molecule has 2 heterocycles. The summed E-state index contributed by atoms with van der Waals surface area (Å²) in [5.74, 6) is -4.24. The van der Waals surface area contributed by atoms with E-state index >= 15 is 0 Å². The van der Waals surface area contributed by atoms with E-state index in [1.54, 1.807) is 0 Å². The third-order valence-corrected chi connectivity index (χ3v) is 4.09. The molecule has 14 heteroatoms. The standard InChI is InChI=1S/C13H19N4O9P/c14-10-7(11(22)16-4(13(23)24)1-6(18)19)15-3-17(10)12-9(21)8(20)5(26-12)2-25-27/h3-5,8-9,12,20-21H,1-2,14,27H2,(H,16,22)(H,18,19)(H,23,24)/t4-,5+,8-,9+,12+/m0/s1. The van der Waals surface area contributed by atoms with Crippen molar-refractivity contribution in [3.05, 3.63) is 12.0 Å². The fourth-order valence-corrected chi connectivity index (χ4v) is 2.73. The molecule has 0 aromatic carbocycles. The molecular weight excluding hydrogens is 387 g/mol. The first-order chi connectivity index (χ1) is 12.7. The first-order valence-corrected chi connectivity index (χ1v) is 8.05. The van der Waals surface area contributed by atoms with Crippen LogP contribution in [0.1, 0.15) is 23.1 Å². The van der Waals surface area contributed by atoms with Crippen LogP contribution < -0.4 is 11.1 Å². The van der Waals surface area contributed by atoms with Crippen LogP contribution in [0.4, 0.5) is 5.82 Å². The number of imidazole rings is 1. The highest BCUT2D eigenvalue weighted by Gasteiger charge is 2.44. The van der Waals surface area contributed by atoms with Gasteiger partial charge < -0.3 is 40.7 Å². The topological polar surface area (TPSA) is 206 Å². The highest BCUT2D eigenvalue weighted by molar-refractivity contribution is 7.09. The van der Waals surface area contributed by atoms with Crippen LogP contribution in [0.15, 0.2) is 6.33 Å². The Kier molecular flexibility index (Phi) is 6.68. The average Bonchev–Trinajstić information content (AvgIpc) is 3.09. The molecule has 0 saturated carbocycles. The minimum Gasteiger partial charge on any atom is -0.481 e. The number of carbonyl (C=O) groups is 3. The van der Waals surface area contributed by atoms with Crippen molar-refractivity contribution in [2.75, 3.05) is 12.3 Å². The van der Waals surface area contributed by atoms with E-state index in [0.717, 1.165) is 10.9 Å². The zero-order chi connectivity index (χ0) is 20.3. The minimum absolute atomic E-state index is 0.0309. The van der Waals surface area contributed by atoms with Crippen molar-refractivity contribution >= 4 is 33.1 Å². The fraction of sp³-hybridized carbons (Fsp3) is 0.538. The van der Waals surface area contributed by atoms with Crippen LogP contribution in [0.5, 0.6) is 0 Å². The molecule has 27 heavy (non-hydrogen) atoms. The Morgan fingerprint density at radius 1 is 1.37 bits per heavy atom. The largest absolute Gasteiger partial charge is 0.481 e. The Morgan fingerprint density at radius 3 is 2.59 bits per heavy atom. The second-order valence-corrected chi connectivity index (χ2v) is 6.06. The van der Waals surface area contributed by atoms with Gasteiger partial charge in [0.05, 0.1) is 19.4 Å². The van der Waals surface area contributed by atoms with E-state index in [1.165, 1.54) is 0 Å². The summed E-state index contributed by atoms with van der Waals surface area (Å²) in [6, 6.07) is -1.68. The van der Waals surface area contributed by atoms with Crippen LogP contribution in [0, 0.1) is 0 Å². The number of nitrogens with one attached hydrogen (secondary N) is 1. The predicted octanol–water partition coefficient (Wildman–Crippen LogP) is -2.45. The number of aromatic nitrogens is 2. The number of rotatable bonds is 8. The maximum absolute atomic E-state index is 12.2. The zero-order valence-corrected chi connectivity index (χ0v) is 14.9. The molecule has 1 amide bonds. The molecule has 0 aliphatic carbocycles. The second kappa shape index (κ2) is 8.59. The number of carboxylic acid groups (broad SMARTS) is 2. The third-order valence-electron chi connectivity index (χ3n) is 3.90. The van der Waals surface area contributed by atoms with Crippen molar-refractivity contribution in [3.8, 4) is 0 Å². The van der Waals surface area contributed by atoms with Gasteiger partial charge in [-0.3, -0.25) is 14.2 Å². The molecule has 2 rings (SSSR count). The first kappa shape index (κ1) is 21.0. The summed E-state index contributed by atoms with van der Waals surface area (Å²) >= 11 is 0. The number of nitrogens with zero attached hydrogens (tertiary/aromatic N) is 2. The van der Waals surface area contributed by atoms with Gasteiger partial charge in [0.15, 0.2) is 11.9 Å². The quantitative estimate of drug-likeness (QED) is 0.250. The van der Waals surface area contributed by atoms with Gasteiger partial charge in [-0.05, 0) is 0 Å². The molecule has 6 atom stereocenters. The molecule has 150 valence electrons. The van der Waals surface area contributed by atoms with Gasteiger partial charge in [-0.2, -0.15) is 0 Å². The molecule has 1 unspecified atom stereocenters. The van der Waals surface area contributed by atoms with Crippen LogP contribution in [-0.4, -0.2) is 78.8 Å². The van der Waals surface area contributed by atoms with Crippen molar-refractivity contribution < 1.29 is 44.1 Å². The molecule has 1 saturated heterocycles. The van der Waals surface area contributed by atoms with E-state index in [2.05, 4.69) is 4.98 Å². The zero-order valence-electron chi connectivity index (χ0n) is 13.8. The van der Waals surface area contributed by atoms with Crippen molar-refractivity contribution in [1.82, 2.24) is 14.9 Å². The summed E-state index contributed by atoms with van der Waals surface area (Å²) in [5.41, 5.74) is 5.45. The number of amides is 1. The van der Waals surface area contributed by atoms with Crippen LogP contribution in [0.3, 0.4) is 0 Å². The van der Waals surface area contributed by atoms with Gasteiger partial charge in [-0.25, -0.2) is 9.78 Å². The summed E-state index contributed by atoms with van der Waals surface area (Å²) in [5, 5.41) is 39.8. The number of hydrogen-bond donors (Lipinski definition) is 6. The molecule has 1 aromatic rings. The maximum Gasteiger partial charge on any atom is 0.326 e. The van der Waals surface area contributed by atoms with Gasteiger partial charge >= 0.3 is 11.9 Å². The lowest BCUT2D eigenvalue weighted by molar-refractivity contribution is -0.145. The number of anilines is 1. The molecule has 0 radical (unpaired) electrons. The number of aliphatic carboxylic acids is 2. The summed E-state index contributed by atoms with van der Waals surface area (Å²) < 4.78 is 11.4. The van der Waals surface area contributed by atoms with Gasteiger partial charge in [0.25, 0.3) is 5.91 Å². The lowest BCUT2D eigenvalue weighted by atomic mass is 10.1. The molecule has 7 N–H and O–H groups in total. The van der Waals surface area contributed by atoms with Gasteiger partial charge in [0.1, 0.15) is 30.2 Å². The second-order valence-electron chi connectivity index (χ2n) is 5.73. The van der Waals surface area contributed by atoms with E-state index in [-0.39, 0.29) is 18.1 Å². The lowest BCUT2D eigenvalue weighted by Gasteiger charge is -2.17.